The molecule has 0 spiro atoms. The number of rotatable bonds is 14. The first-order valence-electron chi connectivity index (χ1n) is 39.1. The summed E-state index contributed by atoms with van der Waals surface area (Å²) in [5, 5.41) is 2.29. The van der Waals surface area contributed by atoms with Crippen molar-refractivity contribution in [1.82, 2.24) is 49.8 Å². The van der Waals surface area contributed by atoms with Crippen LogP contribution in [0.2, 0.25) is 0 Å². The molecule has 16 aromatic carbocycles. The molecular weight excluding hydrogens is 1480 g/mol. The molecular formula is C106H66N10S2. The molecule has 0 saturated carbocycles. The van der Waals surface area contributed by atoms with Gasteiger partial charge in [-0.2, -0.15) is 0 Å². The number of aromatic nitrogens is 10. The van der Waals surface area contributed by atoms with Crippen molar-refractivity contribution >= 4 is 85.6 Å². The fraction of sp³-hybridized carbons (Fsp3) is 0. The van der Waals surface area contributed by atoms with E-state index in [1.807, 2.05) is 97.1 Å². The summed E-state index contributed by atoms with van der Waals surface area (Å²) in [6.45, 7) is 0. The van der Waals surface area contributed by atoms with E-state index in [-0.39, 0.29) is 0 Å². The molecule has 552 valence electrons. The Morgan fingerprint density at radius 1 is 0.136 bits per heavy atom. The van der Waals surface area contributed by atoms with Gasteiger partial charge in [0, 0.05) is 53.6 Å². The third-order valence-corrected chi connectivity index (χ3v) is 23.6. The van der Waals surface area contributed by atoms with Gasteiger partial charge in [-0.25, -0.2) is 49.8 Å². The van der Waals surface area contributed by atoms with Crippen molar-refractivity contribution in [2.45, 2.75) is 0 Å². The highest BCUT2D eigenvalue weighted by Crippen LogP contribution is 2.41. The van der Waals surface area contributed by atoms with E-state index in [9.17, 15) is 0 Å². The molecule has 0 saturated heterocycles. The molecule has 6 heterocycles. The van der Waals surface area contributed by atoms with Crippen molar-refractivity contribution in [3.63, 3.8) is 0 Å². The van der Waals surface area contributed by atoms with E-state index >= 15 is 0 Å². The molecule has 0 unspecified atom stereocenters. The lowest BCUT2D eigenvalue weighted by atomic mass is 9.95. The third kappa shape index (κ3) is 14.3. The minimum Gasteiger partial charge on any atom is -0.243 e. The molecule has 22 aromatic rings. The molecule has 0 bridgehead atoms. The SMILES string of the molecule is c1ccc(-c2ccc(-c3nc(-c4ccccc4)nc(-c4cccc(-c5cccc(-c6cccc(-c7ccc8c(c7)sc7nc9ccccc9nc78)c6)c5)c4)n3)cc2)cc1.c1ccc(-c2ccc(-c3nc(-c4ccccc4)nc(-c4cccc(-c5cccc(-c6cccc(-c7ccc8nc9sc%10ccccc%10c9nc8c7)c6)c5)c4)n3)cc2)cc1. The molecule has 0 amide bonds. The molecule has 0 aliphatic heterocycles. The van der Waals surface area contributed by atoms with Crippen LogP contribution in [0.5, 0.6) is 0 Å². The molecule has 0 aliphatic carbocycles. The Balaban J connectivity index is 0.000000147. The van der Waals surface area contributed by atoms with Crippen molar-refractivity contribution in [1.29, 1.82) is 0 Å². The van der Waals surface area contributed by atoms with Crippen LogP contribution in [0, 0.1) is 0 Å². The maximum Gasteiger partial charge on any atom is 0.164 e. The van der Waals surface area contributed by atoms with E-state index in [0.717, 1.165) is 165 Å². The van der Waals surface area contributed by atoms with E-state index in [1.165, 1.54) is 20.5 Å². The van der Waals surface area contributed by atoms with Gasteiger partial charge < -0.3 is 0 Å². The average Bonchev–Trinajstić information content (AvgIpc) is 1.51. The van der Waals surface area contributed by atoms with Crippen molar-refractivity contribution in [2.24, 2.45) is 0 Å². The first kappa shape index (κ1) is 70.5. The normalized spacial score (nSPS) is 11.4. The molecule has 0 fully saturated rings. The van der Waals surface area contributed by atoms with Gasteiger partial charge in [-0.3, -0.25) is 0 Å². The summed E-state index contributed by atoms with van der Waals surface area (Å²) in [7, 11) is 0. The van der Waals surface area contributed by atoms with Gasteiger partial charge in [-0.15, -0.1) is 22.7 Å². The Morgan fingerprint density at radius 3 is 0.797 bits per heavy atom. The third-order valence-electron chi connectivity index (χ3n) is 21.5. The lowest BCUT2D eigenvalue weighted by molar-refractivity contribution is 1.07. The van der Waals surface area contributed by atoms with E-state index in [4.69, 9.17) is 49.8 Å². The van der Waals surface area contributed by atoms with Crippen LogP contribution in [-0.4, -0.2) is 49.8 Å². The second-order valence-corrected chi connectivity index (χ2v) is 31.1. The predicted molar refractivity (Wildman–Crippen MR) is 488 cm³/mol. The van der Waals surface area contributed by atoms with E-state index in [1.54, 1.807) is 22.7 Å². The average molecular weight is 1540 g/mol. The number of para-hydroxylation sites is 2. The van der Waals surface area contributed by atoms with Gasteiger partial charge in [-0.05, 0) is 162 Å². The number of nitrogens with zero attached hydrogens (tertiary/aromatic N) is 10. The van der Waals surface area contributed by atoms with E-state index < -0.39 is 0 Å². The number of hydrogen-bond acceptors (Lipinski definition) is 12. The van der Waals surface area contributed by atoms with Crippen molar-refractivity contribution < 1.29 is 0 Å². The number of benzene rings is 16. The second kappa shape index (κ2) is 30.9. The largest absolute Gasteiger partial charge is 0.243 e. The fourth-order valence-corrected chi connectivity index (χ4v) is 17.5. The summed E-state index contributed by atoms with van der Waals surface area (Å²) < 4.78 is 2.39. The van der Waals surface area contributed by atoms with Gasteiger partial charge in [-0.1, -0.05) is 328 Å². The highest BCUT2D eigenvalue weighted by molar-refractivity contribution is 7.25. The van der Waals surface area contributed by atoms with Gasteiger partial charge in [0.1, 0.15) is 20.7 Å². The summed E-state index contributed by atoms with van der Waals surface area (Å²) in [6.07, 6.45) is 0. The Kier molecular flexibility index (Phi) is 18.4. The molecule has 0 N–H and O–H groups in total. The Morgan fingerprint density at radius 2 is 0.381 bits per heavy atom. The van der Waals surface area contributed by atoms with Gasteiger partial charge in [0.05, 0.1) is 22.1 Å². The summed E-state index contributed by atoms with van der Waals surface area (Å²) in [5.74, 6) is 3.79. The molecule has 6 aromatic heterocycles. The minimum atomic E-state index is 0.625. The maximum atomic E-state index is 5.10. The minimum absolute atomic E-state index is 0.625. The Bertz CT molecular complexity index is 7540. The monoisotopic (exact) mass is 1540 g/mol. The number of fused-ring (bicyclic) bond motifs is 8. The zero-order valence-electron chi connectivity index (χ0n) is 63.4. The van der Waals surface area contributed by atoms with Crippen molar-refractivity contribution in [3.05, 3.63) is 400 Å². The van der Waals surface area contributed by atoms with E-state index in [2.05, 4.69) is 303 Å². The van der Waals surface area contributed by atoms with Gasteiger partial charge in [0.2, 0.25) is 0 Å². The van der Waals surface area contributed by atoms with Crippen LogP contribution in [0.1, 0.15) is 0 Å². The summed E-state index contributed by atoms with van der Waals surface area (Å²) in [4.78, 5) is 52.0. The molecule has 0 radical (unpaired) electrons. The molecule has 0 atom stereocenters. The topological polar surface area (TPSA) is 129 Å². The summed E-state index contributed by atoms with van der Waals surface area (Å²) in [6, 6.07) is 139. The zero-order valence-corrected chi connectivity index (χ0v) is 65.0. The molecule has 12 heteroatoms. The van der Waals surface area contributed by atoms with Crippen LogP contribution < -0.4 is 0 Å². The van der Waals surface area contributed by atoms with Crippen molar-refractivity contribution in [3.8, 4) is 157 Å². The van der Waals surface area contributed by atoms with Gasteiger partial charge >= 0.3 is 0 Å². The smallest absolute Gasteiger partial charge is 0.164 e. The molecule has 118 heavy (non-hydrogen) atoms. The fourth-order valence-electron chi connectivity index (χ4n) is 15.4. The van der Waals surface area contributed by atoms with Gasteiger partial charge in [0.25, 0.3) is 0 Å². The lowest BCUT2D eigenvalue weighted by Crippen LogP contribution is -2.00. The first-order valence-corrected chi connectivity index (χ1v) is 40.8. The van der Waals surface area contributed by atoms with Crippen LogP contribution in [0.25, 0.3) is 220 Å². The number of hydrogen-bond donors (Lipinski definition) is 0. The second-order valence-electron chi connectivity index (χ2n) is 29.1. The quantitative estimate of drug-likeness (QED) is 0.104. The van der Waals surface area contributed by atoms with Crippen LogP contribution in [0.4, 0.5) is 0 Å². The first-order chi connectivity index (χ1) is 58.4. The van der Waals surface area contributed by atoms with Crippen LogP contribution in [0.15, 0.2) is 400 Å². The molecule has 0 aliphatic rings. The highest BCUT2D eigenvalue weighted by atomic mass is 32.1. The summed E-state index contributed by atoms with van der Waals surface area (Å²) in [5.41, 5.74) is 29.3. The van der Waals surface area contributed by atoms with Crippen LogP contribution in [-0.2, 0) is 0 Å². The standard InChI is InChI=1S/2C53H33N5S/c1-3-12-34(13-4-1)35-24-26-37(27-25-35)51-56-50(36-14-5-2-6-15-36)57-52(58-51)44-21-11-20-42(32-44)40-18-9-16-38(30-40)39-17-10-19-41(31-39)43-28-29-45-48(33-43)59-53-49(45)54-46-22-7-8-23-47(46)55-53;1-3-12-34(13-4-1)35-24-26-37(27-25-35)51-56-50(36-14-5-2-6-15-36)57-52(58-51)44-21-11-20-42(32-44)40-18-9-16-38(30-40)39-17-10-19-41(31-39)43-28-29-46-47(33-43)54-49-45-22-7-8-23-48(45)59-53(49)55-46/h2*1-33H. The van der Waals surface area contributed by atoms with Crippen LogP contribution in [0.3, 0.4) is 0 Å². The highest BCUT2D eigenvalue weighted by Gasteiger charge is 2.20. The molecule has 22 rings (SSSR count). The maximum absolute atomic E-state index is 5.10. The lowest BCUT2D eigenvalue weighted by Gasteiger charge is -2.11. The zero-order chi connectivity index (χ0) is 78.2. The molecule has 10 nitrogen and oxygen atoms in total. The van der Waals surface area contributed by atoms with Gasteiger partial charge in [0.15, 0.2) is 34.9 Å². The summed E-state index contributed by atoms with van der Waals surface area (Å²) >= 11 is 3.39. The van der Waals surface area contributed by atoms with Crippen LogP contribution >= 0.6 is 22.7 Å². The number of thiophene rings is 2. The Labute approximate surface area is 688 Å². The van der Waals surface area contributed by atoms with Crippen molar-refractivity contribution in [2.75, 3.05) is 0 Å². The van der Waals surface area contributed by atoms with E-state index in [0.29, 0.717) is 34.9 Å². The Hall–Kier alpha value is -15.3. The predicted octanol–water partition coefficient (Wildman–Crippen LogP) is 27.7.